The molecule has 0 aliphatic rings. The van der Waals surface area contributed by atoms with E-state index in [-0.39, 0.29) is 18.2 Å². The molecule has 0 fully saturated rings. The fourth-order valence-corrected chi connectivity index (χ4v) is 1.74. The number of nitro groups is 1. The average Bonchev–Trinajstić information content (AvgIpc) is 2.36. The molecule has 6 nitrogen and oxygen atoms in total. The molecule has 0 spiro atoms. The Morgan fingerprint density at radius 2 is 2.00 bits per heavy atom. The maximum absolute atomic E-state index is 10.5. The zero-order valence-electron chi connectivity index (χ0n) is 11.1. The summed E-state index contributed by atoms with van der Waals surface area (Å²) in [6, 6.07) is 6.62. The monoisotopic (exact) mass is 266 g/mol. The van der Waals surface area contributed by atoms with Gasteiger partial charge in [-0.05, 0) is 26.0 Å². The van der Waals surface area contributed by atoms with Crippen molar-refractivity contribution < 1.29 is 14.8 Å². The molecule has 0 aliphatic carbocycles. The average molecular weight is 266 g/mol. The molecule has 19 heavy (non-hydrogen) atoms. The summed E-state index contributed by atoms with van der Waals surface area (Å²) >= 11 is 0. The summed E-state index contributed by atoms with van der Waals surface area (Å²) in [5.74, 6) is -0.811. The summed E-state index contributed by atoms with van der Waals surface area (Å²) in [5.41, 5.74) is 1.08. The molecular formula is C13H18N2O4. The number of carbonyl (C=O) groups is 1. The number of aliphatic carboxylic acids is 1. The van der Waals surface area contributed by atoms with Gasteiger partial charge in [0.1, 0.15) is 0 Å². The number of hydrogen-bond donors (Lipinski definition) is 1. The van der Waals surface area contributed by atoms with Crippen LogP contribution in [-0.4, -0.2) is 40.5 Å². The second kappa shape index (κ2) is 6.84. The lowest BCUT2D eigenvalue weighted by Crippen LogP contribution is -2.32. The first-order valence-electron chi connectivity index (χ1n) is 6.05. The van der Waals surface area contributed by atoms with Crippen molar-refractivity contribution in [3.63, 3.8) is 0 Å². The van der Waals surface area contributed by atoms with Crippen LogP contribution in [-0.2, 0) is 11.2 Å². The molecule has 0 aliphatic heterocycles. The quantitative estimate of drug-likeness (QED) is 0.602. The molecule has 0 radical (unpaired) electrons. The third-order valence-electron chi connectivity index (χ3n) is 3.11. The Labute approximate surface area is 111 Å². The van der Waals surface area contributed by atoms with E-state index in [1.54, 1.807) is 12.1 Å². The topological polar surface area (TPSA) is 83.7 Å². The third-order valence-corrected chi connectivity index (χ3v) is 3.11. The van der Waals surface area contributed by atoms with Gasteiger partial charge in [0, 0.05) is 24.7 Å². The van der Waals surface area contributed by atoms with Crippen molar-refractivity contribution in [3.05, 3.63) is 39.9 Å². The van der Waals surface area contributed by atoms with Gasteiger partial charge in [-0.2, -0.15) is 0 Å². The summed E-state index contributed by atoms with van der Waals surface area (Å²) < 4.78 is 0. The third kappa shape index (κ3) is 5.05. The standard InChI is InChI=1S/C13H18N2O4/c1-10(14(2)8-7-13(16)17)9-11-3-5-12(6-4-11)15(18)19/h3-6,10H,7-9H2,1-2H3,(H,16,17). The molecule has 0 saturated carbocycles. The van der Waals surface area contributed by atoms with Crippen LogP contribution in [0.5, 0.6) is 0 Å². The summed E-state index contributed by atoms with van der Waals surface area (Å²) in [5, 5.41) is 19.2. The SMILES string of the molecule is CC(Cc1ccc([N+](=O)[O-])cc1)N(C)CCC(=O)O. The van der Waals surface area contributed by atoms with Crippen LogP contribution in [0.15, 0.2) is 24.3 Å². The van der Waals surface area contributed by atoms with Gasteiger partial charge in [-0.25, -0.2) is 0 Å². The highest BCUT2D eigenvalue weighted by Crippen LogP contribution is 2.14. The lowest BCUT2D eigenvalue weighted by molar-refractivity contribution is -0.384. The van der Waals surface area contributed by atoms with E-state index in [0.29, 0.717) is 6.54 Å². The lowest BCUT2D eigenvalue weighted by atomic mass is 10.1. The summed E-state index contributed by atoms with van der Waals surface area (Å²) in [6.07, 6.45) is 0.842. The Morgan fingerprint density at radius 3 is 2.47 bits per heavy atom. The summed E-state index contributed by atoms with van der Waals surface area (Å²) in [4.78, 5) is 22.6. The van der Waals surface area contributed by atoms with Gasteiger partial charge in [0.15, 0.2) is 0 Å². The Bertz CT molecular complexity index is 444. The number of rotatable bonds is 7. The van der Waals surface area contributed by atoms with Crippen LogP contribution in [0.2, 0.25) is 0 Å². The van der Waals surface area contributed by atoms with Crippen LogP contribution < -0.4 is 0 Å². The van der Waals surface area contributed by atoms with Crippen molar-refractivity contribution in [2.75, 3.05) is 13.6 Å². The molecule has 104 valence electrons. The molecule has 1 unspecified atom stereocenters. The summed E-state index contributed by atoms with van der Waals surface area (Å²) in [6.45, 7) is 2.49. The molecule has 0 amide bonds. The fourth-order valence-electron chi connectivity index (χ4n) is 1.74. The second-order valence-electron chi connectivity index (χ2n) is 4.60. The van der Waals surface area contributed by atoms with Crippen LogP contribution >= 0.6 is 0 Å². The van der Waals surface area contributed by atoms with Crippen LogP contribution in [0, 0.1) is 10.1 Å². The minimum absolute atomic E-state index is 0.0793. The molecule has 1 rings (SSSR count). The number of carboxylic acid groups (broad SMARTS) is 1. The van der Waals surface area contributed by atoms with Crippen LogP contribution in [0.1, 0.15) is 18.9 Å². The zero-order valence-corrected chi connectivity index (χ0v) is 11.1. The number of nitro benzene ring substituents is 1. The minimum atomic E-state index is -0.811. The number of non-ortho nitro benzene ring substituents is 1. The minimum Gasteiger partial charge on any atom is -0.481 e. The molecule has 0 saturated heterocycles. The first-order valence-corrected chi connectivity index (χ1v) is 6.05. The van der Waals surface area contributed by atoms with E-state index in [1.165, 1.54) is 12.1 Å². The molecule has 1 atom stereocenters. The summed E-state index contributed by atoms with van der Waals surface area (Å²) in [7, 11) is 1.87. The van der Waals surface area contributed by atoms with E-state index in [1.807, 2.05) is 18.9 Å². The van der Waals surface area contributed by atoms with Crippen molar-refractivity contribution in [2.45, 2.75) is 25.8 Å². The number of benzene rings is 1. The van der Waals surface area contributed by atoms with Gasteiger partial charge in [-0.15, -0.1) is 0 Å². The van der Waals surface area contributed by atoms with Gasteiger partial charge < -0.3 is 10.0 Å². The van der Waals surface area contributed by atoms with Crippen molar-refractivity contribution in [2.24, 2.45) is 0 Å². The Kier molecular flexibility index (Phi) is 5.44. The van der Waals surface area contributed by atoms with Crippen molar-refractivity contribution >= 4 is 11.7 Å². The first-order chi connectivity index (χ1) is 8.90. The van der Waals surface area contributed by atoms with Gasteiger partial charge in [0.2, 0.25) is 0 Å². The number of hydrogen-bond acceptors (Lipinski definition) is 4. The predicted molar refractivity (Wildman–Crippen MR) is 71.1 cm³/mol. The number of carboxylic acids is 1. The molecule has 6 heteroatoms. The molecular weight excluding hydrogens is 248 g/mol. The molecule has 1 aromatic carbocycles. The molecule has 1 N–H and O–H groups in total. The van der Waals surface area contributed by atoms with E-state index in [4.69, 9.17) is 5.11 Å². The maximum atomic E-state index is 10.5. The first kappa shape index (κ1) is 15.1. The van der Waals surface area contributed by atoms with Crippen molar-refractivity contribution in [3.8, 4) is 0 Å². The predicted octanol–water partition coefficient (Wildman–Crippen LogP) is 1.93. The van der Waals surface area contributed by atoms with Crippen LogP contribution in [0.25, 0.3) is 0 Å². The van der Waals surface area contributed by atoms with Crippen LogP contribution in [0.3, 0.4) is 0 Å². The van der Waals surface area contributed by atoms with E-state index < -0.39 is 10.9 Å². The van der Waals surface area contributed by atoms with Crippen LogP contribution in [0.4, 0.5) is 5.69 Å². The molecule has 0 heterocycles. The van der Waals surface area contributed by atoms with Gasteiger partial charge in [0.25, 0.3) is 5.69 Å². The highest BCUT2D eigenvalue weighted by atomic mass is 16.6. The highest BCUT2D eigenvalue weighted by Gasteiger charge is 2.12. The van der Waals surface area contributed by atoms with E-state index in [0.717, 1.165) is 12.0 Å². The maximum Gasteiger partial charge on any atom is 0.304 e. The number of likely N-dealkylation sites (N-methyl/N-ethyl adjacent to an activating group) is 1. The van der Waals surface area contributed by atoms with E-state index in [9.17, 15) is 14.9 Å². The van der Waals surface area contributed by atoms with Gasteiger partial charge in [0.05, 0.1) is 11.3 Å². The number of nitrogens with zero attached hydrogens (tertiary/aromatic N) is 2. The molecule has 0 aromatic heterocycles. The van der Waals surface area contributed by atoms with E-state index in [2.05, 4.69) is 0 Å². The van der Waals surface area contributed by atoms with Gasteiger partial charge >= 0.3 is 5.97 Å². The Balaban J connectivity index is 2.53. The van der Waals surface area contributed by atoms with Crippen molar-refractivity contribution in [1.82, 2.24) is 4.90 Å². The normalized spacial score (nSPS) is 12.4. The molecule has 0 bridgehead atoms. The molecule has 1 aromatic rings. The second-order valence-corrected chi connectivity index (χ2v) is 4.60. The van der Waals surface area contributed by atoms with Gasteiger partial charge in [-0.3, -0.25) is 14.9 Å². The van der Waals surface area contributed by atoms with Crippen molar-refractivity contribution in [1.29, 1.82) is 0 Å². The highest BCUT2D eigenvalue weighted by molar-refractivity contribution is 5.66. The fraction of sp³-hybridized carbons (Fsp3) is 0.462. The Hall–Kier alpha value is -1.95. The lowest BCUT2D eigenvalue weighted by Gasteiger charge is -2.24. The van der Waals surface area contributed by atoms with Gasteiger partial charge in [-0.1, -0.05) is 12.1 Å². The zero-order chi connectivity index (χ0) is 14.4. The smallest absolute Gasteiger partial charge is 0.304 e. The van der Waals surface area contributed by atoms with E-state index >= 15 is 0 Å². The Morgan fingerprint density at radius 1 is 1.42 bits per heavy atom. The largest absolute Gasteiger partial charge is 0.481 e.